The Morgan fingerprint density at radius 1 is 0.750 bits per heavy atom. The van der Waals surface area contributed by atoms with Crippen molar-refractivity contribution in [2.24, 2.45) is 17.8 Å². The zero-order valence-corrected chi connectivity index (χ0v) is 29.4. The van der Waals surface area contributed by atoms with Crippen LogP contribution in [-0.4, -0.2) is 15.0 Å². The summed E-state index contributed by atoms with van der Waals surface area (Å²) in [5.74, 6) is 3.47. The van der Waals surface area contributed by atoms with Gasteiger partial charge in [0, 0.05) is 43.3 Å². The predicted octanol–water partition coefficient (Wildman–Crippen LogP) is 12.0. The maximum absolute atomic E-state index is 6.65. The number of nitrogens with zero attached hydrogens (tertiary/aromatic N) is 3. The number of fused-ring (bicyclic) bond motifs is 8. The molecule has 0 N–H and O–H groups in total. The van der Waals surface area contributed by atoms with Crippen molar-refractivity contribution in [2.45, 2.75) is 32.1 Å². The smallest absolute Gasteiger partial charge is 0.164 e. The minimum absolute atomic E-state index is 0.356. The van der Waals surface area contributed by atoms with Crippen molar-refractivity contribution in [3.05, 3.63) is 167 Å². The van der Waals surface area contributed by atoms with Crippen LogP contribution >= 0.6 is 11.3 Å². The van der Waals surface area contributed by atoms with E-state index in [4.69, 9.17) is 19.4 Å². The Balaban J connectivity index is 1.14. The molecule has 0 saturated carbocycles. The lowest BCUT2D eigenvalue weighted by Gasteiger charge is -2.27. The minimum Gasteiger partial charge on any atom is -0.456 e. The first-order valence-electron chi connectivity index (χ1n) is 18.5. The summed E-state index contributed by atoms with van der Waals surface area (Å²) in [7, 11) is 0. The van der Waals surface area contributed by atoms with Crippen LogP contribution in [0.1, 0.15) is 53.3 Å². The van der Waals surface area contributed by atoms with E-state index in [2.05, 4.69) is 128 Å². The first-order valence-corrected chi connectivity index (χ1v) is 19.3. The van der Waals surface area contributed by atoms with Crippen molar-refractivity contribution in [3.63, 3.8) is 0 Å². The van der Waals surface area contributed by atoms with Gasteiger partial charge in [0.05, 0.1) is 0 Å². The molecule has 6 aromatic rings. The first-order chi connectivity index (χ1) is 25.7. The summed E-state index contributed by atoms with van der Waals surface area (Å²) >= 11 is 1.89. The van der Waals surface area contributed by atoms with Crippen molar-refractivity contribution >= 4 is 60.1 Å². The molecular formula is C47H35N3OS. The lowest BCUT2D eigenvalue weighted by atomic mass is 9.78. The fourth-order valence-electron chi connectivity index (χ4n) is 8.80. The van der Waals surface area contributed by atoms with E-state index < -0.39 is 0 Å². The van der Waals surface area contributed by atoms with Crippen molar-refractivity contribution in [3.8, 4) is 11.4 Å². The topological polar surface area (TPSA) is 51.8 Å². The molecule has 5 aliphatic carbocycles. The lowest BCUT2D eigenvalue weighted by Crippen LogP contribution is -2.17. The van der Waals surface area contributed by atoms with Gasteiger partial charge in [-0.15, -0.1) is 11.3 Å². The number of allylic oxidation sites excluding steroid dienone is 15. The molecular weight excluding hydrogens is 655 g/mol. The average Bonchev–Trinajstić information content (AvgIpc) is 3.78. The molecule has 0 spiro atoms. The number of aromatic nitrogens is 3. The fraction of sp³-hybridized carbons (Fsp3) is 0.170. The Kier molecular flexibility index (Phi) is 6.91. The van der Waals surface area contributed by atoms with Gasteiger partial charge >= 0.3 is 0 Å². The van der Waals surface area contributed by atoms with Crippen LogP contribution in [0, 0.1) is 17.8 Å². The average molecular weight is 690 g/mol. The second-order valence-electron chi connectivity index (χ2n) is 14.5. The third-order valence-corrected chi connectivity index (χ3v) is 12.7. The molecule has 11 rings (SSSR count). The summed E-state index contributed by atoms with van der Waals surface area (Å²) in [4.78, 5) is 17.3. The molecule has 0 radical (unpaired) electrons. The number of rotatable bonds is 4. The molecule has 0 aliphatic heterocycles. The van der Waals surface area contributed by atoms with Gasteiger partial charge in [-0.05, 0) is 102 Å². The number of hydrogen-bond donors (Lipinski definition) is 0. The van der Waals surface area contributed by atoms with Gasteiger partial charge in [0.1, 0.15) is 11.2 Å². The SMILES string of the molecule is C1=CC2=CC(c3nc(C4=CC5C=CC=CC5CC4)nc(-c4cc(C5=CCCc6c5sc5ccccc65)cc5oc6ccccc6c45)n3)=CCC2C=C1. The summed E-state index contributed by atoms with van der Waals surface area (Å²) in [6, 6.07) is 21.7. The molecule has 3 unspecified atom stereocenters. The largest absolute Gasteiger partial charge is 0.456 e. The van der Waals surface area contributed by atoms with Crippen LogP contribution in [0.5, 0.6) is 0 Å². The van der Waals surface area contributed by atoms with Crippen molar-refractivity contribution in [1.82, 2.24) is 15.0 Å². The van der Waals surface area contributed by atoms with Crippen LogP contribution in [0.25, 0.3) is 60.1 Å². The molecule has 5 heteroatoms. The summed E-state index contributed by atoms with van der Waals surface area (Å²) in [5.41, 5.74) is 10.1. The maximum Gasteiger partial charge on any atom is 0.164 e. The number of furan rings is 1. The molecule has 3 heterocycles. The second-order valence-corrected chi connectivity index (χ2v) is 15.5. The van der Waals surface area contributed by atoms with Gasteiger partial charge in [-0.2, -0.15) is 0 Å². The number of aryl methyl sites for hydroxylation is 1. The van der Waals surface area contributed by atoms with Crippen LogP contribution in [0.3, 0.4) is 0 Å². The highest BCUT2D eigenvalue weighted by atomic mass is 32.1. The van der Waals surface area contributed by atoms with E-state index in [0.29, 0.717) is 23.6 Å². The number of thiophene rings is 1. The fourth-order valence-corrected chi connectivity index (χ4v) is 10.1. The highest BCUT2D eigenvalue weighted by molar-refractivity contribution is 7.20. The Hall–Kier alpha value is -5.65. The van der Waals surface area contributed by atoms with Gasteiger partial charge in [0.25, 0.3) is 0 Å². The van der Waals surface area contributed by atoms with E-state index in [1.165, 1.54) is 37.2 Å². The van der Waals surface area contributed by atoms with Crippen LogP contribution in [0.4, 0.5) is 0 Å². The quantitative estimate of drug-likeness (QED) is 0.185. The molecule has 0 fully saturated rings. The summed E-state index contributed by atoms with van der Waals surface area (Å²) in [5, 5.41) is 3.49. The number of benzene rings is 3. The highest BCUT2D eigenvalue weighted by Gasteiger charge is 2.28. The van der Waals surface area contributed by atoms with E-state index in [0.717, 1.165) is 82.4 Å². The van der Waals surface area contributed by atoms with Gasteiger partial charge in [0.15, 0.2) is 17.5 Å². The van der Waals surface area contributed by atoms with Gasteiger partial charge < -0.3 is 4.42 Å². The number of para-hydroxylation sites is 1. The van der Waals surface area contributed by atoms with E-state index >= 15 is 0 Å². The van der Waals surface area contributed by atoms with E-state index in [1.54, 1.807) is 0 Å². The Morgan fingerprint density at radius 3 is 2.58 bits per heavy atom. The molecule has 0 bridgehead atoms. The summed E-state index contributed by atoms with van der Waals surface area (Å²) in [6.07, 6.45) is 32.2. The van der Waals surface area contributed by atoms with Crippen LogP contribution in [0.2, 0.25) is 0 Å². The third-order valence-electron chi connectivity index (χ3n) is 11.4. The van der Waals surface area contributed by atoms with Crippen LogP contribution in [-0.2, 0) is 6.42 Å². The van der Waals surface area contributed by atoms with E-state index in [1.807, 2.05) is 17.4 Å². The molecule has 250 valence electrons. The molecule has 5 aliphatic rings. The van der Waals surface area contributed by atoms with Crippen molar-refractivity contribution in [1.29, 1.82) is 0 Å². The first kappa shape index (κ1) is 30.0. The van der Waals surface area contributed by atoms with Crippen LogP contribution < -0.4 is 0 Å². The molecule has 3 atom stereocenters. The Labute approximate surface area is 306 Å². The van der Waals surface area contributed by atoms with Crippen molar-refractivity contribution in [2.75, 3.05) is 0 Å². The molecule has 0 saturated heterocycles. The summed E-state index contributed by atoms with van der Waals surface area (Å²) < 4.78 is 7.99. The Bertz CT molecular complexity index is 2740. The van der Waals surface area contributed by atoms with E-state index in [-0.39, 0.29) is 0 Å². The normalized spacial score (nSPS) is 21.8. The molecule has 3 aromatic carbocycles. The molecule has 52 heavy (non-hydrogen) atoms. The minimum atomic E-state index is 0.356. The zero-order chi connectivity index (χ0) is 34.2. The standard InChI is InChI=1S/C47H35N3OS/c1-3-12-30-24-32(22-20-28(30)10-1)45-48-46(33-23-21-29-11-2-4-13-31(29)25-33)50-47(49-45)39-26-34(27-41-43(39)38-15-5-7-18-40(38)51-41)35-16-9-17-37-36-14-6-8-19-42(36)52-44(35)37/h1-8,10-16,18-19,22,24-29,31H,9,17,20-21,23H2. The van der Waals surface area contributed by atoms with Gasteiger partial charge in [-0.25, -0.2) is 15.0 Å². The monoisotopic (exact) mass is 689 g/mol. The number of hydrogen-bond acceptors (Lipinski definition) is 5. The third kappa shape index (κ3) is 4.91. The second kappa shape index (κ2) is 12.0. The van der Waals surface area contributed by atoms with Gasteiger partial charge in [-0.1, -0.05) is 103 Å². The zero-order valence-electron chi connectivity index (χ0n) is 28.6. The predicted molar refractivity (Wildman–Crippen MR) is 215 cm³/mol. The molecule has 3 aromatic heterocycles. The molecule has 4 nitrogen and oxygen atoms in total. The van der Waals surface area contributed by atoms with E-state index in [9.17, 15) is 0 Å². The van der Waals surface area contributed by atoms with Crippen molar-refractivity contribution < 1.29 is 4.42 Å². The highest BCUT2D eigenvalue weighted by Crippen LogP contribution is 2.46. The lowest BCUT2D eigenvalue weighted by molar-refractivity contribution is 0.497. The van der Waals surface area contributed by atoms with Crippen LogP contribution in [0.15, 0.2) is 144 Å². The van der Waals surface area contributed by atoms with Gasteiger partial charge in [0.2, 0.25) is 0 Å². The Morgan fingerprint density at radius 2 is 1.60 bits per heavy atom. The maximum atomic E-state index is 6.65. The van der Waals surface area contributed by atoms with Gasteiger partial charge in [-0.3, -0.25) is 0 Å². The summed E-state index contributed by atoms with van der Waals surface area (Å²) in [6.45, 7) is 0. The molecule has 0 amide bonds.